The third-order valence-corrected chi connectivity index (χ3v) is 4.33. The highest BCUT2D eigenvalue weighted by atomic mass is 16.5. The van der Waals surface area contributed by atoms with Crippen LogP contribution in [0, 0.1) is 11.8 Å². The lowest BCUT2D eigenvalue weighted by atomic mass is 10.00. The van der Waals surface area contributed by atoms with Crippen LogP contribution in [0.4, 0.5) is 0 Å². The number of fused-ring (bicyclic) bond motifs is 1. The summed E-state index contributed by atoms with van der Waals surface area (Å²) in [5.41, 5.74) is 5.67. The molecule has 4 atom stereocenters. The molecule has 0 radical (unpaired) electrons. The van der Waals surface area contributed by atoms with Gasteiger partial charge in [-0.25, -0.2) is 0 Å². The molecule has 2 aliphatic rings. The van der Waals surface area contributed by atoms with E-state index in [0.717, 1.165) is 45.0 Å². The second-order valence-corrected chi connectivity index (χ2v) is 5.43. The van der Waals surface area contributed by atoms with E-state index >= 15 is 0 Å². The van der Waals surface area contributed by atoms with Gasteiger partial charge in [-0.1, -0.05) is 0 Å². The average molecular weight is 242 g/mol. The van der Waals surface area contributed by atoms with E-state index in [1.165, 1.54) is 6.42 Å². The maximum Gasteiger partial charge on any atom is 0.0709 e. The first-order valence-corrected chi connectivity index (χ1v) is 6.96. The van der Waals surface area contributed by atoms with Gasteiger partial charge in [0.25, 0.3) is 0 Å². The molecule has 100 valence electrons. The van der Waals surface area contributed by atoms with Crippen LogP contribution >= 0.6 is 0 Å². The van der Waals surface area contributed by atoms with Crippen molar-refractivity contribution >= 4 is 0 Å². The minimum absolute atomic E-state index is 0.0535. The lowest BCUT2D eigenvalue weighted by Crippen LogP contribution is -2.31. The Kier molecular flexibility index (Phi) is 4.79. The van der Waals surface area contributed by atoms with Crippen LogP contribution in [0.3, 0.4) is 0 Å². The maximum atomic E-state index is 9.85. The number of ether oxygens (including phenoxy) is 1. The third kappa shape index (κ3) is 3.19. The van der Waals surface area contributed by atoms with Gasteiger partial charge in [0.2, 0.25) is 0 Å². The number of aliphatic hydroxyl groups excluding tert-OH is 1. The number of rotatable bonds is 6. The highest BCUT2D eigenvalue weighted by Gasteiger charge is 2.41. The normalized spacial score (nSPS) is 35.1. The molecule has 1 aliphatic carbocycles. The van der Waals surface area contributed by atoms with Crippen LogP contribution in [0.1, 0.15) is 26.2 Å². The third-order valence-electron chi connectivity index (χ3n) is 4.33. The van der Waals surface area contributed by atoms with Crippen molar-refractivity contribution in [2.45, 2.75) is 38.4 Å². The smallest absolute Gasteiger partial charge is 0.0709 e. The predicted molar refractivity (Wildman–Crippen MR) is 67.7 cm³/mol. The van der Waals surface area contributed by atoms with Gasteiger partial charge in [-0.05, 0) is 32.1 Å². The molecule has 2 rings (SSSR count). The minimum Gasteiger partial charge on any atom is -0.393 e. The van der Waals surface area contributed by atoms with Crippen molar-refractivity contribution in [1.29, 1.82) is 0 Å². The van der Waals surface area contributed by atoms with Gasteiger partial charge in [-0.15, -0.1) is 0 Å². The summed E-state index contributed by atoms with van der Waals surface area (Å²) < 4.78 is 5.57. The summed E-state index contributed by atoms with van der Waals surface area (Å²) in [6.45, 7) is 6.64. The molecule has 0 aromatic heterocycles. The van der Waals surface area contributed by atoms with E-state index in [0.29, 0.717) is 12.5 Å². The number of nitrogens with zero attached hydrogens (tertiary/aromatic N) is 1. The molecule has 1 aliphatic heterocycles. The summed E-state index contributed by atoms with van der Waals surface area (Å²) in [7, 11) is 0. The van der Waals surface area contributed by atoms with Gasteiger partial charge < -0.3 is 20.5 Å². The van der Waals surface area contributed by atoms with Crippen LogP contribution < -0.4 is 5.73 Å². The standard InChI is InChI=1S/C13H26N2O2/c1-2-17-11(7-14)5-6-15-8-10-3-4-13(16)12(10)9-15/h10-13,16H,2-9,14H2,1H3. The van der Waals surface area contributed by atoms with Crippen molar-refractivity contribution < 1.29 is 9.84 Å². The first-order chi connectivity index (χ1) is 8.24. The summed E-state index contributed by atoms with van der Waals surface area (Å²) in [6.07, 6.45) is 3.37. The Morgan fingerprint density at radius 3 is 2.88 bits per heavy atom. The highest BCUT2D eigenvalue weighted by Crippen LogP contribution is 2.37. The molecule has 1 heterocycles. The molecule has 0 amide bonds. The highest BCUT2D eigenvalue weighted by molar-refractivity contribution is 4.93. The van der Waals surface area contributed by atoms with Crippen LogP contribution in [-0.2, 0) is 4.74 Å². The summed E-state index contributed by atoms with van der Waals surface area (Å²) >= 11 is 0. The summed E-state index contributed by atoms with van der Waals surface area (Å²) in [5.74, 6) is 1.26. The van der Waals surface area contributed by atoms with Crippen molar-refractivity contribution in [3.05, 3.63) is 0 Å². The van der Waals surface area contributed by atoms with E-state index in [2.05, 4.69) is 4.90 Å². The fourth-order valence-electron chi connectivity index (χ4n) is 3.34. The molecule has 3 N–H and O–H groups in total. The van der Waals surface area contributed by atoms with Crippen LogP contribution in [-0.4, -0.2) is 55.0 Å². The zero-order valence-corrected chi connectivity index (χ0v) is 10.8. The van der Waals surface area contributed by atoms with Crippen molar-refractivity contribution in [3.8, 4) is 0 Å². The van der Waals surface area contributed by atoms with Gasteiger partial charge in [0.05, 0.1) is 12.2 Å². The number of aliphatic hydroxyl groups is 1. The molecule has 0 spiro atoms. The first-order valence-electron chi connectivity index (χ1n) is 6.96. The molecule has 0 aromatic carbocycles. The Morgan fingerprint density at radius 1 is 1.41 bits per heavy atom. The minimum atomic E-state index is -0.0535. The van der Waals surface area contributed by atoms with Gasteiger partial charge in [0.15, 0.2) is 0 Å². The average Bonchev–Trinajstić information content (AvgIpc) is 2.87. The van der Waals surface area contributed by atoms with Gasteiger partial charge in [-0.3, -0.25) is 0 Å². The molecule has 2 fully saturated rings. The Bertz CT molecular complexity index is 237. The lowest BCUT2D eigenvalue weighted by Gasteiger charge is -2.21. The molecule has 4 nitrogen and oxygen atoms in total. The van der Waals surface area contributed by atoms with Crippen molar-refractivity contribution in [3.63, 3.8) is 0 Å². The number of hydrogen-bond donors (Lipinski definition) is 2. The van der Waals surface area contributed by atoms with E-state index in [-0.39, 0.29) is 12.2 Å². The maximum absolute atomic E-state index is 9.85. The van der Waals surface area contributed by atoms with Gasteiger partial charge in [0.1, 0.15) is 0 Å². The number of likely N-dealkylation sites (tertiary alicyclic amines) is 1. The topological polar surface area (TPSA) is 58.7 Å². The van der Waals surface area contributed by atoms with Crippen molar-refractivity contribution in [2.75, 3.05) is 32.8 Å². The zero-order valence-electron chi connectivity index (χ0n) is 10.8. The molecule has 0 bridgehead atoms. The first kappa shape index (κ1) is 13.3. The van der Waals surface area contributed by atoms with E-state index in [1.54, 1.807) is 0 Å². The lowest BCUT2D eigenvalue weighted by molar-refractivity contribution is 0.0545. The largest absolute Gasteiger partial charge is 0.393 e. The molecular formula is C13H26N2O2. The van der Waals surface area contributed by atoms with Crippen LogP contribution in [0.15, 0.2) is 0 Å². The summed E-state index contributed by atoms with van der Waals surface area (Å²) in [5, 5.41) is 9.85. The fourth-order valence-corrected chi connectivity index (χ4v) is 3.34. The molecular weight excluding hydrogens is 216 g/mol. The monoisotopic (exact) mass is 242 g/mol. The van der Waals surface area contributed by atoms with E-state index in [9.17, 15) is 5.11 Å². The molecule has 1 saturated heterocycles. The molecule has 17 heavy (non-hydrogen) atoms. The fraction of sp³-hybridized carbons (Fsp3) is 1.00. The molecule has 4 heteroatoms. The number of nitrogens with two attached hydrogens (primary N) is 1. The molecule has 0 aromatic rings. The Balaban J connectivity index is 1.71. The predicted octanol–water partition coefficient (Wildman–Crippen LogP) is 0.443. The second kappa shape index (κ2) is 6.14. The van der Waals surface area contributed by atoms with Crippen LogP contribution in [0.25, 0.3) is 0 Å². The summed E-state index contributed by atoms with van der Waals surface area (Å²) in [6, 6.07) is 0. The van der Waals surface area contributed by atoms with E-state index < -0.39 is 0 Å². The van der Waals surface area contributed by atoms with Crippen molar-refractivity contribution in [1.82, 2.24) is 4.90 Å². The van der Waals surface area contributed by atoms with E-state index in [4.69, 9.17) is 10.5 Å². The molecule has 4 unspecified atom stereocenters. The van der Waals surface area contributed by atoms with Gasteiger partial charge in [-0.2, -0.15) is 0 Å². The molecule has 1 saturated carbocycles. The summed E-state index contributed by atoms with van der Waals surface area (Å²) in [4.78, 5) is 2.47. The Morgan fingerprint density at radius 2 is 2.24 bits per heavy atom. The van der Waals surface area contributed by atoms with Crippen LogP contribution in [0.2, 0.25) is 0 Å². The van der Waals surface area contributed by atoms with Crippen molar-refractivity contribution in [2.24, 2.45) is 17.6 Å². The van der Waals surface area contributed by atoms with Gasteiger partial charge in [0, 0.05) is 38.7 Å². The van der Waals surface area contributed by atoms with E-state index in [1.807, 2.05) is 6.92 Å². The van der Waals surface area contributed by atoms with Crippen LogP contribution in [0.5, 0.6) is 0 Å². The SMILES string of the molecule is CCOC(CN)CCN1CC2CCC(O)C2C1. The number of hydrogen-bond acceptors (Lipinski definition) is 4. The van der Waals surface area contributed by atoms with Gasteiger partial charge >= 0.3 is 0 Å². The Labute approximate surface area is 104 Å². The zero-order chi connectivity index (χ0) is 12.3. The second-order valence-electron chi connectivity index (χ2n) is 5.43. The quantitative estimate of drug-likeness (QED) is 0.710. The Hall–Kier alpha value is -0.160.